The second-order valence-corrected chi connectivity index (χ2v) is 7.27. The van der Waals surface area contributed by atoms with Crippen LogP contribution in [0.5, 0.6) is 0 Å². The Bertz CT molecular complexity index is 922. The summed E-state index contributed by atoms with van der Waals surface area (Å²) in [6.07, 6.45) is 2.05. The average molecular weight is 333 g/mol. The van der Waals surface area contributed by atoms with Gasteiger partial charge < -0.3 is 0 Å². The van der Waals surface area contributed by atoms with Crippen LogP contribution in [0.4, 0.5) is 0 Å². The lowest BCUT2D eigenvalue weighted by Crippen LogP contribution is -2.29. The molecule has 1 aromatic heterocycles. The fraction of sp³-hybridized carbons (Fsp3) is 0.300. The maximum atomic E-state index is 9.10. The molecule has 3 aromatic rings. The van der Waals surface area contributed by atoms with Crippen LogP contribution in [-0.4, -0.2) is 23.0 Å². The molecule has 1 atom stereocenters. The van der Waals surface area contributed by atoms with E-state index in [0.717, 1.165) is 37.0 Å². The first-order chi connectivity index (χ1) is 11.7. The van der Waals surface area contributed by atoms with Gasteiger partial charge in [0.15, 0.2) is 0 Å². The molecule has 24 heavy (non-hydrogen) atoms. The Morgan fingerprint density at radius 1 is 1.12 bits per heavy atom. The number of hydrogen-bond acceptors (Lipinski definition) is 4. The summed E-state index contributed by atoms with van der Waals surface area (Å²) in [7, 11) is 0. The van der Waals surface area contributed by atoms with Crippen LogP contribution in [0.1, 0.15) is 35.2 Å². The number of nitriles is 1. The summed E-state index contributed by atoms with van der Waals surface area (Å²) >= 11 is 1.69. The van der Waals surface area contributed by atoms with E-state index in [1.165, 1.54) is 21.4 Å². The molecule has 0 N–H and O–H groups in total. The zero-order valence-electron chi connectivity index (χ0n) is 13.7. The Labute approximate surface area is 146 Å². The molecule has 2 heterocycles. The number of benzene rings is 2. The Morgan fingerprint density at radius 2 is 1.96 bits per heavy atom. The lowest BCUT2D eigenvalue weighted by atomic mass is 10.0. The molecular formula is C20H19N3S. The van der Waals surface area contributed by atoms with Crippen LogP contribution < -0.4 is 0 Å². The number of fused-ring (bicyclic) bond motifs is 2. The Morgan fingerprint density at radius 3 is 2.79 bits per heavy atom. The van der Waals surface area contributed by atoms with Crippen LogP contribution in [0.2, 0.25) is 0 Å². The fourth-order valence-corrected chi connectivity index (χ4v) is 4.20. The van der Waals surface area contributed by atoms with Crippen molar-refractivity contribution in [3.8, 4) is 6.07 Å². The SMILES string of the molecule is C[C@@H](c1ccc2scnc2c1)N1CCc2ccc(C#N)cc2CC1. The van der Waals surface area contributed by atoms with Crippen molar-refractivity contribution < 1.29 is 0 Å². The quantitative estimate of drug-likeness (QED) is 0.701. The van der Waals surface area contributed by atoms with Crippen LogP contribution in [0, 0.1) is 11.3 Å². The number of aromatic nitrogens is 1. The van der Waals surface area contributed by atoms with Gasteiger partial charge >= 0.3 is 0 Å². The van der Waals surface area contributed by atoms with Gasteiger partial charge in [-0.3, -0.25) is 4.90 Å². The van der Waals surface area contributed by atoms with Crippen molar-refractivity contribution in [3.05, 3.63) is 64.2 Å². The highest BCUT2D eigenvalue weighted by Crippen LogP contribution is 2.28. The summed E-state index contributed by atoms with van der Waals surface area (Å²) in [4.78, 5) is 6.99. The van der Waals surface area contributed by atoms with Gasteiger partial charge in [0.2, 0.25) is 0 Å². The predicted octanol–water partition coefficient (Wildman–Crippen LogP) is 4.33. The molecule has 120 valence electrons. The van der Waals surface area contributed by atoms with Gasteiger partial charge in [-0.25, -0.2) is 4.98 Å². The third-order valence-electron chi connectivity index (χ3n) is 5.06. The minimum absolute atomic E-state index is 0.376. The van der Waals surface area contributed by atoms with Gasteiger partial charge in [-0.05, 0) is 60.7 Å². The molecule has 0 saturated carbocycles. The topological polar surface area (TPSA) is 39.9 Å². The van der Waals surface area contributed by atoms with Crippen LogP contribution in [0.15, 0.2) is 41.9 Å². The molecule has 4 rings (SSSR count). The second kappa shape index (κ2) is 6.35. The third-order valence-corrected chi connectivity index (χ3v) is 5.87. The smallest absolute Gasteiger partial charge is 0.0991 e. The summed E-state index contributed by atoms with van der Waals surface area (Å²) in [6, 6.07) is 15.4. The Kier molecular flexibility index (Phi) is 4.05. The first kappa shape index (κ1) is 15.3. The van der Waals surface area contributed by atoms with E-state index in [9.17, 15) is 0 Å². The van der Waals surface area contributed by atoms with Gasteiger partial charge in [0.05, 0.1) is 27.4 Å². The van der Waals surface area contributed by atoms with Crippen LogP contribution in [0.3, 0.4) is 0 Å². The highest BCUT2D eigenvalue weighted by atomic mass is 32.1. The second-order valence-electron chi connectivity index (χ2n) is 6.39. The van der Waals surface area contributed by atoms with E-state index in [-0.39, 0.29) is 0 Å². The summed E-state index contributed by atoms with van der Waals surface area (Å²) in [5.74, 6) is 0. The number of rotatable bonds is 2. The van der Waals surface area contributed by atoms with Gasteiger partial charge in [0, 0.05) is 19.1 Å². The first-order valence-corrected chi connectivity index (χ1v) is 9.21. The lowest BCUT2D eigenvalue weighted by Gasteiger charge is -2.28. The third kappa shape index (κ3) is 2.82. The number of nitrogens with zero attached hydrogens (tertiary/aromatic N) is 3. The van der Waals surface area contributed by atoms with Crippen LogP contribution in [0.25, 0.3) is 10.2 Å². The molecule has 2 aromatic carbocycles. The van der Waals surface area contributed by atoms with Crippen molar-refractivity contribution in [1.29, 1.82) is 5.26 Å². The van der Waals surface area contributed by atoms with Crippen molar-refractivity contribution >= 4 is 21.6 Å². The van der Waals surface area contributed by atoms with E-state index in [0.29, 0.717) is 6.04 Å². The molecule has 0 aliphatic carbocycles. The van der Waals surface area contributed by atoms with Gasteiger partial charge in [0.1, 0.15) is 0 Å². The van der Waals surface area contributed by atoms with Gasteiger partial charge in [-0.2, -0.15) is 5.26 Å². The lowest BCUT2D eigenvalue weighted by molar-refractivity contribution is 0.221. The van der Waals surface area contributed by atoms with Crippen molar-refractivity contribution in [2.24, 2.45) is 0 Å². The molecule has 3 nitrogen and oxygen atoms in total. The molecule has 4 heteroatoms. The molecule has 0 amide bonds. The normalized spacial score (nSPS) is 16.3. The Balaban J connectivity index is 1.56. The molecular weight excluding hydrogens is 314 g/mol. The summed E-state index contributed by atoms with van der Waals surface area (Å²) in [6.45, 7) is 4.36. The molecule has 0 spiro atoms. The van der Waals surface area contributed by atoms with Crippen molar-refractivity contribution in [2.75, 3.05) is 13.1 Å². The minimum Gasteiger partial charge on any atom is -0.296 e. The maximum Gasteiger partial charge on any atom is 0.0991 e. The van der Waals surface area contributed by atoms with Gasteiger partial charge in [-0.1, -0.05) is 12.1 Å². The molecule has 0 fully saturated rings. The molecule has 0 bridgehead atoms. The van der Waals surface area contributed by atoms with E-state index in [2.05, 4.69) is 53.2 Å². The zero-order valence-corrected chi connectivity index (χ0v) is 14.5. The van der Waals surface area contributed by atoms with E-state index in [1.807, 2.05) is 11.6 Å². The summed E-state index contributed by atoms with van der Waals surface area (Å²) < 4.78 is 1.25. The average Bonchev–Trinajstić information content (AvgIpc) is 2.99. The molecule has 1 aliphatic heterocycles. The molecule has 0 radical (unpaired) electrons. The largest absolute Gasteiger partial charge is 0.296 e. The van der Waals surface area contributed by atoms with Gasteiger partial charge in [0.25, 0.3) is 0 Å². The van der Waals surface area contributed by atoms with Crippen molar-refractivity contribution in [2.45, 2.75) is 25.8 Å². The van der Waals surface area contributed by atoms with E-state index in [4.69, 9.17) is 5.26 Å². The minimum atomic E-state index is 0.376. The molecule has 1 aliphatic rings. The molecule has 0 saturated heterocycles. The van der Waals surface area contributed by atoms with E-state index >= 15 is 0 Å². The van der Waals surface area contributed by atoms with Gasteiger partial charge in [-0.15, -0.1) is 11.3 Å². The molecule has 0 unspecified atom stereocenters. The van der Waals surface area contributed by atoms with Crippen LogP contribution >= 0.6 is 11.3 Å². The van der Waals surface area contributed by atoms with Crippen molar-refractivity contribution in [3.63, 3.8) is 0 Å². The monoisotopic (exact) mass is 333 g/mol. The summed E-state index contributed by atoms with van der Waals surface area (Å²) in [5, 5.41) is 9.10. The zero-order chi connectivity index (χ0) is 16.5. The number of thiazole rings is 1. The standard InChI is InChI=1S/C20H19N3S/c1-14(17-4-5-20-19(11-17)22-13-24-20)23-8-6-16-3-2-15(12-21)10-18(16)7-9-23/h2-5,10-11,13-14H,6-9H2,1H3/t14-/m0/s1. The van der Waals surface area contributed by atoms with E-state index in [1.54, 1.807) is 11.3 Å². The summed E-state index contributed by atoms with van der Waals surface area (Å²) in [5.41, 5.74) is 7.83. The van der Waals surface area contributed by atoms with Crippen molar-refractivity contribution in [1.82, 2.24) is 9.88 Å². The van der Waals surface area contributed by atoms with Crippen LogP contribution in [-0.2, 0) is 12.8 Å². The van der Waals surface area contributed by atoms with E-state index < -0.39 is 0 Å². The number of hydrogen-bond donors (Lipinski definition) is 0. The highest BCUT2D eigenvalue weighted by Gasteiger charge is 2.20. The first-order valence-electron chi connectivity index (χ1n) is 8.34. The predicted molar refractivity (Wildman–Crippen MR) is 98.2 cm³/mol. The maximum absolute atomic E-state index is 9.10. The fourth-order valence-electron chi connectivity index (χ4n) is 3.54. The highest BCUT2D eigenvalue weighted by molar-refractivity contribution is 7.16. The Hall–Kier alpha value is -2.22.